The molecule has 1 aromatic carbocycles. The summed E-state index contributed by atoms with van der Waals surface area (Å²) in [5, 5.41) is 0. The van der Waals surface area contributed by atoms with Gasteiger partial charge in [-0.2, -0.15) is 0 Å². The molecule has 16 heavy (non-hydrogen) atoms. The molecule has 0 saturated carbocycles. The SMILES string of the molecule is CB(F)c1cc(C)cc(C)c1N.CC.CC. The van der Waals surface area contributed by atoms with Crippen LogP contribution in [0.2, 0.25) is 6.82 Å². The van der Waals surface area contributed by atoms with Crippen molar-refractivity contribution in [2.24, 2.45) is 0 Å². The summed E-state index contributed by atoms with van der Waals surface area (Å²) in [6.07, 6.45) is 0. The van der Waals surface area contributed by atoms with Gasteiger partial charge in [0.15, 0.2) is 0 Å². The van der Waals surface area contributed by atoms with E-state index in [0.717, 1.165) is 11.1 Å². The summed E-state index contributed by atoms with van der Waals surface area (Å²) < 4.78 is 13.0. The Labute approximate surface area is 100 Å². The van der Waals surface area contributed by atoms with E-state index in [1.54, 1.807) is 6.07 Å². The van der Waals surface area contributed by atoms with Gasteiger partial charge in [-0.1, -0.05) is 45.4 Å². The van der Waals surface area contributed by atoms with Gasteiger partial charge in [-0.15, -0.1) is 0 Å². The molecule has 0 aromatic heterocycles. The Morgan fingerprint density at radius 1 is 1.06 bits per heavy atom. The van der Waals surface area contributed by atoms with Crippen LogP contribution in [0.25, 0.3) is 0 Å². The molecule has 2 N–H and O–H groups in total. The molecule has 1 aromatic rings. The maximum Gasteiger partial charge on any atom is 0.379 e. The normalized spacial score (nSPS) is 8.25. The van der Waals surface area contributed by atoms with E-state index in [4.69, 9.17) is 5.73 Å². The number of benzene rings is 1. The second-order valence-corrected chi connectivity index (χ2v) is 3.20. The molecular weight excluding hydrogens is 200 g/mol. The van der Waals surface area contributed by atoms with Gasteiger partial charge in [0.1, 0.15) is 0 Å². The van der Waals surface area contributed by atoms with E-state index in [1.165, 1.54) is 6.82 Å². The van der Waals surface area contributed by atoms with Crippen molar-refractivity contribution < 1.29 is 4.32 Å². The van der Waals surface area contributed by atoms with Crippen molar-refractivity contribution in [2.75, 3.05) is 5.73 Å². The number of rotatable bonds is 1. The fraction of sp³-hybridized carbons (Fsp3) is 0.538. The highest BCUT2D eigenvalue weighted by molar-refractivity contribution is 6.67. The molecule has 0 aliphatic rings. The number of hydrogen-bond donors (Lipinski definition) is 1. The zero-order chi connectivity index (χ0) is 13.3. The maximum atomic E-state index is 13.0. The number of aryl methyl sites for hydroxylation is 2. The van der Waals surface area contributed by atoms with Gasteiger partial charge in [0, 0.05) is 5.69 Å². The van der Waals surface area contributed by atoms with E-state index >= 15 is 0 Å². The number of nitrogens with two attached hydrogens (primary N) is 1. The first-order valence-electron chi connectivity index (χ1n) is 6.03. The van der Waals surface area contributed by atoms with Gasteiger partial charge in [-0.25, -0.2) is 0 Å². The summed E-state index contributed by atoms with van der Waals surface area (Å²) in [6.45, 7) is 12.4. The average Bonchev–Trinajstić information content (AvgIpc) is 2.28. The van der Waals surface area contributed by atoms with Crippen LogP contribution < -0.4 is 11.2 Å². The Morgan fingerprint density at radius 2 is 1.50 bits per heavy atom. The lowest BCUT2D eigenvalue weighted by atomic mass is 9.65. The molecule has 0 radical (unpaired) electrons. The van der Waals surface area contributed by atoms with Gasteiger partial charge >= 0.3 is 6.99 Å². The minimum Gasteiger partial charge on any atom is -0.399 e. The molecule has 0 bridgehead atoms. The lowest BCUT2D eigenvalue weighted by Gasteiger charge is -2.08. The van der Waals surface area contributed by atoms with Gasteiger partial charge in [-0.05, 0) is 31.7 Å². The number of hydrogen-bond acceptors (Lipinski definition) is 1. The van der Waals surface area contributed by atoms with E-state index in [-0.39, 0.29) is 0 Å². The van der Waals surface area contributed by atoms with Gasteiger partial charge < -0.3 is 10.0 Å². The first-order valence-corrected chi connectivity index (χ1v) is 6.03. The molecule has 3 heteroatoms. The van der Waals surface area contributed by atoms with Crippen LogP contribution in [0.15, 0.2) is 12.1 Å². The predicted molar refractivity (Wildman–Crippen MR) is 75.4 cm³/mol. The Kier molecular flexibility index (Phi) is 10.1. The minimum absolute atomic E-state index is 0.579. The molecule has 0 fully saturated rings. The number of halogens is 1. The van der Waals surface area contributed by atoms with Crippen LogP contribution >= 0.6 is 0 Å². The van der Waals surface area contributed by atoms with Crippen molar-refractivity contribution in [3.63, 3.8) is 0 Å². The summed E-state index contributed by atoms with van der Waals surface area (Å²) >= 11 is 0. The summed E-state index contributed by atoms with van der Waals surface area (Å²) in [7, 11) is 0. The van der Waals surface area contributed by atoms with E-state index < -0.39 is 6.99 Å². The Balaban J connectivity index is 0. The molecule has 0 amide bonds. The molecule has 1 rings (SSSR count). The molecular formula is C13H25BFN. The van der Waals surface area contributed by atoms with Crippen LogP contribution in [0.4, 0.5) is 10.0 Å². The highest BCUT2D eigenvalue weighted by Gasteiger charge is 2.14. The monoisotopic (exact) mass is 225 g/mol. The summed E-state index contributed by atoms with van der Waals surface area (Å²) in [5.41, 5.74) is 8.91. The quantitative estimate of drug-likeness (QED) is 0.571. The Bertz CT molecular complexity index is 298. The van der Waals surface area contributed by atoms with Gasteiger partial charge in [0.25, 0.3) is 0 Å². The third-order valence-corrected chi connectivity index (χ3v) is 1.99. The molecule has 1 nitrogen and oxygen atoms in total. The third-order valence-electron chi connectivity index (χ3n) is 1.99. The summed E-state index contributed by atoms with van der Waals surface area (Å²) in [5.74, 6) is 0. The van der Waals surface area contributed by atoms with Crippen molar-refractivity contribution in [3.05, 3.63) is 23.3 Å². The summed E-state index contributed by atoms with van der Waals surface area (Å²) in [4.78, 5) is 0. The highest BCUT2D eigenvalue weighted by atomic mass is 19.1. The summed E-state index contributed by atoms with van der Waals surface area (Å²) in [6, 6.07) is 3.76. The zero-order valence-corrected chi connectivity index (χ0v) is 11.7. The molecule has 0 saturated heterocycles. The average molecular weight is 225 g/mol. The topological polar surface area (TPSA) is 26.0 Å². The van der Waals surface area contributed by atoms with E-state index in [9.17, 15) is 4.32 Å². The van der Waals surface area contributed by atoms with Crippen LogP contribution in [0.5, 0.6) is 0 Å². The fourth-order valence-electron chi connectivity index (χ4n) is 1.34. The standard InChI is InChI=1S/C9H13BFN.2C2H6/c1-6-4-7(2)9(12)8(5-6)10(3)11;2*1-2/h4-5H,12H2,1-3H3;2*1-2H3. The maximum absolute atomic E-state index is 13.0. The molecule has 0 aliphatic heterocycles. The van der Waals surface area contributed by atoms with Crippen molar-refractivity contribution in [1.82, 2.24) is 0 Å². The predicted octanol–water partition coefficient (Wildman–Crippen LogP) is 3.74. The highest BCUT2D eigenvalue weighted by Crippen LogP contribution is 2.11. The first kappa shape index (κ1) is 17.4. The Hall–Kier alpha value is -0.985. The van der Waals surface area contributed by atoms with Gasteiger partial charge in [0.2, 0.25) is 0 Å². The van der Waals surface area contributed by atoms with Gasteiger partial charge in [0.05, 0.1) is 0 Å². The van der Waals surface area contributed by atoms with Crippen LogP contribution in [-0.4, -0.2) is 6.99 Å². The molecule has 0 atom stereocenters. The van der Waals surface area contributed by atoms with E-state index in [0.29, 0.717) is 11.2 Å². The lowest BCUT2D eigenvalue weighted by Crippen LogP contribution is -2.26. The second kappa shape index (κ2) is 9.26. The number of anilines is 1. The molecule has 0 spiro atoms. The zero-order valence-electron chi connectivity index (χ0n) is 11.7. The van der Waals surface area contributed by atoms with Crippen LogP contribution in [-0.2, 0) is 0 Å². The van der Waals surface area contributed by atoms with Crippen molar-refractivity contribution in [1.29, 1.82) is 0 Å². The molecule has 0 unspecified atom stereocenters. The lowest BCUT2D eigenvalue weighted by molar-refractivity contribution is 0.856. The molecule has 92 valence electrons. The second-order valence-electron chi connectivity index (χ2n) is 3.20. The van der Waals surface area contributed by atoms with Crippen molar-refractivity contribution in [2.45, 2.75) is 48.4 Å². The Morgan fingerprint density at radius 3 is 1.88 bits per heavy atom. The smallest absolute Gasteiger partial charge is 0.379 e. The van der Waals surface area contributed by atoms with E-state index in [2.05, 4.69) is 0 Å². The molecule has 0 aliphatic carbocycles. The van der Waals surface area contributed by atoms with Crippen LogP contribution in [0, 0.1) is 13.8 Å². The van der Waals surface area contributed by atoms with Crippen LogP contribution in [0.1, 0.15) is 38.8 Å². The van der Waals surface area contributed by atoms with E-state index in [1.807, 2.05) is 47.6 Å². The molecule has 0 heterocycles. The number of nitrogen functional groups attached to an aromatic ring is 1. The largest absolute Gasteiger partial charge is 0.399 e. The van der Waals surface area contributed by atoms with Gasteiger partial charge in [-0.3, -0.25) is 0 Å². The fourth-order valence-corrected chi connectivity index (χ4v) is 1.34. The van der Waals surface area contributed by atoms with Crippen molar-refractivity contribution >= 4 is 18.1 Å². The van der Waals surface area contributed by atoms with Crippen LogP contribution in [0.3, 0.4) is 0 Å². The minimum atomic E-state index is -0.983. The first-order chi connectivity index (χ1) is 7.52. The third kappa shape index (κ3) is 5.20. The van der Waals surface area contributed by atoms with Crippen molar-refractivity contribution in [3.8, 4) is 0 Å².